The third-order valence-electron chi connectivity index (χ3n) is 7.37. The molecule has 4 aromatic heterocycles. The molecule has 223 valence electrons. The van der Waals surface area contributed by atoms with E-state index in [2.05, 4.69) is 64.6 Å². The van der Waals surface area contributed by atoms with Crippen molar-refractivity contribution in [3.8, 4) is 56.2 Å². The molecular weight excluding hydrogens is 743 g/mol. The van der Waals surface area contributed by atoms with Gasteiger partial charge in [-0.2, -0.15) is 0 Å². The summed E-state index contributed by atoms with van der Waals surface area (Å²) in [7, 11) is 0. The van der Waals surface area contributed by atoms with Crippen molar-refractivity contribution in [2.45, 2.75) is 0 Å². The molecule has 4 nitrogen and oxygen atoms in total. The van der Waals surface area contributed by atoms with E-state index in [1.807, 2.05) is 109 Å². The molecule has 8 rings (SSSR count). The van der Waals surface area contributed by atoms with Gasteiger partial charge in [0.2, 0.25) is 0 Å². The zero-order chi connectivity index (χ0) is 30.3. The van der Waals surface area contributed by atoms with Crippen molar-refractivity contribution in [2.24, 2.45) is 0 Å². The fraction of sp³-hybridized carbons (Fsp3) is 0. The second-order valence-electron chi connectivity index (χ2n) is 10.3. The first kappa shape index (κ1) is 30.5. The second-order valence-corrected chi connectivity index (χ2v) is 10.3. The van der Waals surface area contributed by atoms with Crippen LogP contribution in [-0.4, -0.2) is 15.0 Å². The van der Waals surface area contributed by atoms with Gasteiger partial charge in [-0.15, -0.1) is 71.3 Å². The van der Waals surface area contributed by atoms with Crippen LogP contribution in [0.25, 0.3) is 67.2 Å². The number of furan rings is 1. The Hall–Kier alpha value is -5.48. The fourth-order valence-electron chi connectivity index (χ4n) is 5.19. The number of aromatic nitrogens is 3. The van der Waals surface area contributed by atoms with Crippen LogP contribution in [0.15, 0.2) is 169 Å². The summed E-state index contributed by atoms with van der Waals surface area (Å²) in [5.41, 5.74) is 10.0. The van der Waals surface area contributed by atoms with Crippen molar-refractivity contribution >= 4 is 11.0 Å². The van der Waals surface area contributed by atoms with Crippen LogP contribution in [0.4, 0.5) is 0 Å². The SMILES string of the molecule is [Ir].[c-]1ccc(-c2ccc3oc(-c4ccccn4)cc3c2)cc1-c1ncccc1-c1ccccc1.[c-]1ccccc1-c1ccccn1. The van der Waals surface area contributed by atoms with Crippen molar-refractivity contribution in [1.82, 2.24) is 15.0 Å². The topological polar surface area (TPSA) is 51.8 Å². The molecule has 1 radical (unpaired) electrons. The van der Waals surface area contributed by atoms with Crippen molar-refractivity contribution in [3.63, 3.8) is 0 Å². The van der Waals surface area contributed by atoms with Gasteiger partial charge in [0.1, 0.15) is 11.3 Å². The van der Waals surface area contributed by atoms with Gasteiger partial charge in [-0.25, -0.2) is 0 Å². The standard InChI is InChI=1S/C30H19N2O.C11H8N.Ir/c1-2-8-21(9-3-1)26-12-7-17-32-30(26)24-11-6-10-22(18-24)23-14-15-28-25(19-23)20-29(33-28)27-13-4-5-16-31-27;1-2-6-10(7-3-1)11-8-4-5-9-12-11;/h1-10,12-20H;1-6,8-9H;/q2*-1;. The number of hydrogen-bond acceptors (Lipinski definition) is 4. The number of rotatable bonds is 5. The monoisotopic (exact) mass is 770 g/mol. The molecule has 0 N–H and O–H groups in total. The van der Waals surface area contributed by atoms with Crippen LogP contribution in [0.5, 0.6) is 0 Å². The van der Waals surface area contributed by atoms with Gasteiger partial charge in [0.25, 0.3) is 0 Å². The number of fused-ring (bicyclic) bond motifs is 1. The van der Waals surface area contributed by atoms with Gasteiger partial charge in [-0.3, -0.25) is 4.98 Å². The van der Waals surface area contributed by atoms with Gasteiger partial charge in [0.05, 0.1) is 0 Å². The first-order valence-corrected chi connectivity index (χ1v) is 14.7. The average Bonchev–Trinajstić information content (AvgIpc) is 3.57. The summed E-state index contributed by atoms with van der Waals surface area (Å²) in [6.07, 6.45) is 5.40. The number of benzene rings is 4. The predicted molar refractivity (Wildman–Crippen MR) is 181 cm³/mol. The first-order chi connectivity index (χ1) is 22.3. The Bertz CT molecular complexity index is 2110. The third-order valence-corrected chi connectivity index (χ3v) is 7.37. The maximum atomic E-state index is 6.02. The molecule has 46 heavy (non-hydrogen) atoms. The van der Waals surface area contributed by atoms with Crippen molar-refractivity contribution < 1.29 is 24.5 Å². The van der Waals surface area contributed by atoms with E-state index in [0.29, 0.717) is 0 Å². The fourth-order valence-corrected chi connectivity index (χ4v) is 5.19. The third kappa shape index (κ3) is 6.92. The molecule has 0 atom stereocenters. The summed E-state index contributed by atoms with van der Waals surface area (Å²) in [5.74, 6) is 0.769. The van der Waals surface area contributed by atoms with Gasteiger partial charge in [0, 0.05) is 44.1 Å². The smallest absolute Gasteiger partial charge is 0.153 e. The summed E-state index contributed by atoms with van der Waals surface area (Å²) in [5, 5.41) is 1.05. The molecule has 0 spiro atoms. The number of pyridine rings is 3. The largest absolute Gasteiger partial charge is 0.454 e. The normalized spacial score (nSPS) is 10.4. The molecule has 0 aliphatic carbocycles. The van der Waals surface area contributed by atoms with Gasteiger partial charge >= 0.3 is 0 Å². The Morgan fingerprint density at radius 3 is 1.96 bits per heavy atom. The minimum atomic E-state index is 0. The van der Waals surface area contributed by atoms with Gasteiger partial charge in [-0.1, -0.05) is 60.7 Å². The zero-order valence-electron chi connectivity index (χ0n) is 24.7. The molecule has 8 aromatic rings. The molecule has 0 saturated carbocycles. The van der Waals surface area contributed by atoms with Crippen LogP contribution < -0.4 is 0 Å². The van der Waals surface area contributed by atoms with Crippen molar-refractivity contribution in [2.75, 3.05) is 0 Å². The van der Waals surface area contributed by atoms with Crippen LogP contribution in [0, 0.1) is 12.1 Å². The molecule has 0 amide bonds. The van der Waals surface area contributed by atoms with Crippen molar-refractivity contribution in [3.05, 3.63) is 176 Å². The van der Waals surface area contributed by atoms with E-state index in [0.717, 1.165) is 67.2 Å². The summed E-state index contributed by atoms with van der Waals surface area (Å²) < 4.78 is 6.02. The Morgan fingerprint density at radius 2 is 1.20 bits per heavy atom. The van der Waals surface area contributed by atoms with Crippen LogP contribution in [0.2, 0.25) is 0 Å². The molecule has 0 bridgehead atoms. The van der Waals surface area contributed by atoms with Crippen LogP contribution in [-0.2, 0) is 20.1 Å². The Labute approximate surface area is 281 Å². The van der Waals surface area contributed by atoms with Crippen LogP contribution >= 0.6 is 0 Å². The molecule has 5 heteroatoms. The minimum Gasteiger partial charge on any atom is -0.454 e. The molecule has 0 saturated heterocycles. The zero-order valence-corrected chi connectivity index (χ0v) is 27.1. The molecule has 4 aromatic carbocycles. The van der Waals surface area contributed by atoms with E-state index in [9.17, 15) is 0 Å². The average molecular weight is 770 g/mol. The molecule has 0 aliphatic rings. The summed E-state index contributed by atoms with van der Waals surface area (Å²) in [4.78, 5) is 13.3. The van der Waals surface area contributed by atoms with E-state index in [1.54, 1.807) is 12.4 Å². The maximum absolute atomic E-state index is 6.02. The molecular formula is C41H27IrN3O-2. The quantitative estimate of drug-likeness (QED) is 0.164. The molecule has 0 fully saturated rings. The maximum Gasteiger partial charge on any atom is 0.153 e. The van der Waals surface area contributed by atoms with Gasteiger partial charge in [0.15, 0.2) is 5.76 Å². The predicted octanol–water partition coefficient (Wildman–Crippen LogP) is 10.2. The molecule has 0 unspecified atom stereocenters. The molecule has 0 aliphatic heterocycles. The molecule has 4 heterocycles. The Kier molecular flexibility index (Phi) is 9.65. The van der Waals surface area contributed by atoms with E-state index in [1.165, 1.54) is 0 Å². The number of nitrogens with zero attached hydrogens (tertiary/aromatic N) is 3. The van der Waals surface area contributed by atoms with Gasteiger partial charge < -0.3 is 14.4 Å². The van der Waals surface area contributed by atoms with Crippen LogP contribution in [0.1, 0.15) is 0 Å². The van der Waals surface area contributed by atoms with Crippen molar-refractivity contribution in [1.29, 1.82) is 0 Å². The van der Waals surface area contributed by atoms with Gasteiger partial charge in [-0.05, 0) is 70.5 Å². The Balaban J connectivity index is 0.000000241. The second kappa shape index (κ2) is 14.5. The summed E-state index contributed by atoms with van der Waals surface area (Å²) in [6, 6.07) is 54.9. The van der Waals surface area contributed by atoms with E-state index < -0.39 is 0 Å². The Morgan fingerprint density at radius 1 is 0.478 bits per heavy atom. The summed E-state index contributed by atoms with van der Waals surface area (Å²) in [6.45, 7) is 0. The van der Waals surface area contributed by atoms with E-state index in [4.69, 9.17) is 9.40 Å². The van der Waals surface area contributed by atoms with E-state index in [-0.39, 0.29) is 20.1 Å². The van der Waals surface area contributed by atoms with E-state index >= 15 is 0 Å². The minimum absolute atomic E-state index is 0. The first-order valence-electron chi connectivity index (χ1n) is 14.7. The number of hydrogen-bond donors (Lipinski definition) is 0. The van der Waals surface area contributed by atoms with Crippen LogP contribution in [0.3, 0.4) is 0 Å². The summed E-state index contributed by atoms with van der Waals surface area (Å²) >= 11 is 0.